The third kappa shape index (κ3) is 5.51. The number of hydrogen-bond donors (Lipinski definition) is 1. The normalized spacial score (nSPS) is 11.1. The van der Waals surface area contributed by atoms with Crippen molar-refractivity contribution in [3.05, 3.63) is 95.1 Å². The van der Waals surface area contributed by atoms with Gasteiger partial charge in [0, 0.05) is 25.7 Å². The van der Waals surface area contributed by atoms with Gasteiger partial charge in [0.25, 0.3) is 0 Å². The Kier molecular flexibility index (Phi) is 7.88. The van der Waals surface area contributed by atoms with Gasteiger partial charge in [-0.25, -0.2) is 0 Å². The molecule has 182 valence electrons. The fraction of sp³-hybridized carbons (Fsp3) is 0.276. The maximum Gasteiger partial charge on any atom is 0.226 e. The Balaban J connectivity index is 1.53. The molecule has 1 aromatic heterocycles. The number of carbonyl (C=O) groups is 2. The summed E-state index contributed by atoms with van der Waals surface area (Å²) in [5.41, 5.74) is 5.45. The smallest absolute Gasteiger partial charge is 0.226 e. The Hall–Kier alpha value is -3.87. The molecule has 4 aromatic rings. The first-order valence-corrected chi connectivity index (χ1v) is 12.3. The fourth-order valence-corrected chi connectivity index (χ4v) is 4.54. The first-order valence-electron chi connectivity index (χ1n) is 12.3. The van der Waals surface area contributed by atoms with E-state index < -0.39 is 0 Å². The Morgan fingerprint density at radius 2 is 1.67 bits per heavy atom. The Labute approximate surface area is 213 Å². The molecule has 6 nitrogen and oxygen atoms in total. The van der Waals surface area contributed by atoms with Crippen LogP contribution in [-0.4, -0.2) is 47.2 Å². The van der Waals surface area contributed by atoms with Crippen LogP contribution in [0.2, 0.25) is 0 Å². The van der Waals surface area contributed by atoms with Crippen LogP contribution in [0.25, 0.3) is 11.0 Å². The summed E-state index contributed by atoms with van der Waals surface area (Å²) in [6.07, 6.45) is 1.90. The lowest BCUT2D eigenvalue weighted by atomic mass is 9.94. The first kappa shape index (κ1) is 25.2. The molecule has 1 amide bonds. The first-order chi connectivity index (χ1) is 17.4. The van der Waals surface area contributed by atoms with Crippen molar-refractivity contribution in [3.63, 3.8) is 0 Å². The minimum absolute atomic E-state index is 0.0688. The van der Waals surface area contributed by atoms with Gasteiger partial charge in [0.15, 0.2) is 5.78 Å². The van der Waals surface area contributed by atoms with E-state index in [2.05, 4.69) is 13.0 Å². The number of likely N-dealkylation sites (N-methyl/N-ethyl adjacent to an activating group) is 1. The van der Waals surface area contributed by atoms with Crippen molar-refractivity contribution in [1.29, 1.82) is 5.41 Å². The zero-order valence-corrected chi connectivity index (χ0v) is 20.9. The van der Waals surface area contributed by atoms with E-state index in [1.807, 2.05) is 54.1 Å². The molecule has 0 saturated carbocycles. The quantitative estimate of drug-likeness (QED) is 0.281. The Morgan fingerprint density at radius 3 is 2.36 bits per heavy atom. The number of ketones is 1. The van der Waals surface area contributed by atoms with Crippen molar-refractivity contribution in [2.75, 3.05) is 13.6 Å². The van der Waals surface area contributed by atoms with Crippen molar-refractivity contribution in [2.24, 2.45) is 0 Å². The standard InChI is InChI=1S/C29H31BN4O2/c1-3-22-11-7-12-25-28(22)33(18-8-17-32(2)27(36)19-21-9-5-4-6-10-21)29(31)34(25)20-26(35)23-13-15-24(30)16-14-23/h4-7,9-16,31H,3,8,17-20H2,1-2H3. The SMILES string of the molecule is [B]c1ccc(C(=O)Cn2c(=N)n(CCCN(C)C(=O)Cc3ccccc3)c3c(CC)cccc32)cc1. The number of aromatic nitrogens is 2. The molecule has 0 unspecified atom stereocenters. The second-order valence-corrected chi connectivity index (χ2v) is 9.08. The van der Waals surface area contributed by atoms with Gasteiger partial charge in [-0.2, -0.15) is 0 Å². The maximum atomic E-state index is 13.0. The number of nitrogens with zero attached hydrogens (tertiary/aromatic N) is 3. The van der Waals surface area contributed by atoms with Crippen LogP contribution in [0.1, 0.15) is 34.8 Å². The molecule has 3 aromatic carbocycles. The number of benzene rings is 3. The molecule has 1 heterocycles. The number of carbonyl (C=O) groups excluding carboxylic acids is 2. The van der Waals surface area contributed by atoms with Crippen LogP contribution in [0.3, 0.4) is 0 Å². The number of fused-ring (bicyclic) bond motifs is 1. The number of para-hydroxylation sites is 1. The summed E-state index contributed by atoms with van der Waals surface area (Å²) < 4.78 is 3.75. The number of Topliss-reactive ketones (excluding diaryl/α,β-unsaturated/α-hetero) is 1. The molecule has 7 heteroatoms. The van der Waals surface area contributed by atoms with Crippen molar-refractivity contribution >= 4 is 36.0 Å². The fourth-order valence-electron chi connectivity index (χ4n) is 4.54. The van der Waals surface area contributed by atoms with Gasteiger partial charge in [-0.1, -0.05) is 79.1 Å². The maximum absolute atomic E-state index is 13.0. The van der Waals surface area contributed by atoms with E-state index in [1.54, 1.807) is 33.7 Å². The molecule has 0 saturated heterocycles. The second-order valence-electron chi connectivity index (χ2n) is 9.08. The largest absolute Gasteiger partial charge is 0.345 e. The van der Waals surface area contributed by atoms with Crippen LogP contribution in [0.4, 0.5) is 0 Å². The van der Waals surface area contributed by atoms with Gasteiger partial charge >= 0.3 is 0 Å². The summed E-state index contributed by atoms with van der Waals surface area (Å²) in [7, 11) is 7.59. The zero-order valence-electron chi connectivity index (χ0n) is 20.9. The van der Waals surface area contributed by atoms with Gasteiger partial charge < -0.3 is 14.0 Å². The molecule has 1 N–H and O–H groups in total. The van der Waals surface area contributed by atoms with E-state index in [0.29, 0.717) is 37.0 Å². The van der Waals surface area contributed by atoms with Gasteiger partial charge in [0.1, 0.15) is 7.85 Å². The van der Waals surface area contributed by atoms with E-state index in [4.69, 9.17) is 13.3 Å². The van der Waals surface area contributed by atoms with Crippen LogP contribution in [-0.2, 0) is 30.7 Å². The van der Waals surface area contributed by atoms with Crippen molar-refractivity contribution in [2.45, 2.75) is 39.3 Å². The van der Waals surface area contributed by atoms with Gasteiger partial charge in [0.05, 0.1) is 24.0 Å². The summed E-state index contributed by atoms with van der Waals surface area (Å²) in [4.78, 5) is 27.4. The van der Waals surface area contributed by atoms with Crippen LogP contribution in [0.15, 0.2) is 72.8 Å². The summed E-state index contributed by atoms with van der Waals surface area (Å²) in [6, 6.07) is 22.6. The molecular weight excluding hydrogens is 447 g/mol. The van der Waals surface area contributed by atoms with Gasteiger partial charge in [0.2, 0.25) is 11.5 Å². The lowest BCUT2D eigenvalue weighted by Gasteiger charge is -2.17. The van der Waals surface area contributed by atoms with Crippen molar-refractivity contribution < 1.29 is 9.59 Å². The van der Waals surface area contributed by atoms with Crippen molar-refractivity contribution in [3.8, 4) is 0 Å². The average Bonchev–Trinajstić information content (AvgIpc) is 3.15. The van der Waals surface area contributed by atoms with E-state index in [0.717, 1.165) is 28.6 Å². The van der Waals surface area contributed by atoms with E-state index >= 15 is 0 Å². The van der Waals surface area contributed by atoms with Crippen LogP contribution in [0.5, 0.6) is 0 Å². The molecule has 0 aliphatic heterocycles. The topological polar surface area (TPSA) is 71.1 Å². The molecule has 36 heavy (non-hydrogen) atoms. The molecule has 0 bridgehead atoms. The molecule has 0 aliphatic rings. The number of nitrogens with one attached hydrogen (secondary N) is 1. The minimum atomic E-state index is -0.0688. The van der Waals surface area contributed by atoms with Gasteiger partial charge in [-0.05, 0) is 30.0 Å². The molecule has 0 aliphatic carbocycles. The third-order valence-electron chi connectivity index (χ3n) is 6.58. The lowest BCUT2D eigenvalue weighted by Crippen LogP contribution is -2.31. The van der Waals surface area contributed by atoms with Gasteiger partial charge in [-0.15, -0.1) is 0 Å². The zero-order chi connectivity index (χ0) is 25.7. The number of imidazole rings is 1. The second kappa shape index (κ2) is 11.2. The third-order valence-corrected chi connectivity index (χ3v) is 6.58. The molecule has 2 radical (unpaired) electrons. The monoisotopic (exact) mass is 478 g/mol. The summed E-state index contributed by atoms with van der Waals surface area (Å²) in [5, 5.41) is 8.93. The summed E-state index contributed by atoms with van der Waals surface area (Å²) >= 11 is 0. The van der Waals surface area contributed by atoms with Crippen LogP contribution >= 0.6 is 0 Å². The average molecular weight is 478 g/mol. The molecule has 0 spiro atoms. The number of hydrogen-bond acceptors (Lipinski definition) is 3. The molecule has 0 fully saturated rings. The molecular formula is C29H31BN4O2. The van der Waals surface area contributed by atoms with E-state index in [1.165, 1.54) is 0 Å². The van der Waals surface area contributed by atoms with Crippen LogP contribution < -0.4 is 11.1 Å². The number of rotatable bonds is 10. The van der Waals surface area contributed by atoms with E-state index in [9.17, 15) is 9.59 Å². The summed E-state index contributed by atoms with van der Waals surface area (Å²) in [6.45, 7) is 3.34. The highest BCUT2D eigenvalue weighted by Gasteiger charge is 2.17. The highest BCUT2D eigenvalue weighted by molar-refractivity contribution is 6.32. The van der Waals surface area contributed by atoms with Gasteiger partial charge in [-0.3, -0.25) is 15.0 Å². The highest BCUT2D eigenvalue weighted by Crippen LogP contribution is 2.20. The molecule has 4 rings (SSSR count). The Bertz CT molecular complexity index is 1420. The highest BCUT2D eigenvalue weighted by atomic mass is 16.2. The van der Waals surface area contributed by atoms with Crippen molar-refractivity contribution in [1.82, 2.24) is 14.0 Å². The summed E-state index contributed by atoms with van der Waals surface area (Å²) in [5.74, 6) is 0.00348. The molecule has 0 atom stereocenters. The number of amides is 1. The number of aryl methyl sites for hydroxylation is 2. The predicted molar refractivity (Wildman–Crippen MR) is 144 cm³/mol. The lowest BCUT2D eigenvalue weighted by molar-refractivity contribution is -0.129. The van der Waals surface area contributed by atoms with E-state index in [-0.39, 0.29) is 23.9 Å². The minimum Gasteiger partial charge on any atom is -0.345 e. The Morgan fingerprint density at radius 1 is 0.944 bits per heavy atom. The predicted octanol–water partition coefficient (Wildman–Crippen LogP) is 3.25. The van der Waals surface area contributed by atoms with Crippen LogP contribution in [0, 0.1) is 5.41 Å².